The summed E-state index contributed by atoms with van der Waals surface area (Å²) in [6.07, 6.45) is 3.25. The first-order chi connectivity index (χ1) is 10.2. The Morgan fingerprint density at radius 3 is 2.67 bits per heavy atom. The predicted octanol–water partition coefficient (Wildman–Crippen LogP) is 2.51. The van der Waals surface area contributed by atoms with E-state index in [9.17, 15) is 4.39 Å². The molecular weight excluding hydrogens is 273 g/mol. The van der Waals surface area contributed by atoms with E-state index in [4.69, 9.17) is 9.78 Å². The molecule has 1 aromatic carbocycles. The van der Waals surface area contributed by atoms with Crippen LogP contribution in [-0.2, 0) is 0 Å². The van der Waals surface area contributed by atoms with E-state index in [0.717, 1.165) is 5.56 Å². The van der Waals surface area contributed by atoms with Gasteiger partial charge < -0.3 is 4.52 Å². The van der Waals surface area contributed by atoms with Gasteiger partial charge in [0, 0.05) is 12.4 Å². The highest BCUT2D eigenvalue weighted by Crippen LogP contribution is 2.25. The molecule has 2 heterocycles. The van der Waals surface area contributed by atoms with Crippen molar-refractivity contribution in [1.82, 2.24) is 20.1 Å². The number of hydrogen-bond donors (Lipinski definition) is 0. The van der Waals surface area contributed by atoms with Crippen molar-refractivity contribution in [2.24, 2.45) is 0 Å². The molecule has 0 aliphatic carbocycles. The van der Waals surface area contributed by atoms with Crippen molar-refractivity contribution >= 4 is 0 Å². The van der Waals surface area contributed by atoms with Crippen molar-refractivity contribution < 1.29 is 8.91 Å². The summed E-state index contributed by atoms with van der Waals surface area (Å²) in [5, 5.41) is 12.8. The first-order valence-corrected chi connectivity index (χ1v) is 6.01. The molecule has 3 rings (SSSR count). The molecule has 0 unspecified atom stereocenters. The Balaban J connectivity index is 2.05. The molecule has 3 aromatic rings. The van der Waals surface area contributed by atoms with Crippen molar-refractivity contribution in [2.75, 3.05) is 0 Å². The van der Waals surface area contributed by atoms with Gasteiger partial charge in [-0.1, -0.05) is 11.2 Å². The summed E-state index contributed by atoms with van der Waals surface area (Å²) >= 11 is 0. The van der Waals surface area contributed by atoms with E-state index in [1.807, 2.05) is 6.92 Å². The van der Waals surface area contributed by atoms with Crippen molar-refractivity contribution in [2.45, 2.75) is 6.92 Å². The van der Waals surface area contributed by atoms with Crippen LogP contribution in [0.5, 0.6) is 0 Å². The average Bonchev–Trinajstić information content (AvgIpc) is 2.97. The number of hydrogen-bond acceptors (Lipinski definition) is 6. The highest BCUT2D eigenvalue weighted by Gasteiger charge is 2.17. The van der Waals surface area contributed by atoms with E-state index >= 15 is 0 Å². The summed E-state index contributed by atoms with van der Waals surface area (Å²) in [7, 11) is 0. The molecule has 0 atom stereocenters. The summed E-state index contributed by atoms with van der Waals surface area (Å²) in [5.74, 6) is -0.116. The fourth-order valence-corrected chi connectivity index (χ4v) is 1.75. The highest BCUT2D eigenvalue weighted by molar-refractivity contribution is 5.64. The summed E-state index contributed by atoms with van der Waals surface area (Å²) in [4.78, 5) is 12.3. The number of nitrogens with zero attached hydrogens (tertiary/aromatic N) is 5. The van der Waals surface area contributed by atoms with E-state index in [-0.39, 0.29) is 22.8 Å². The van der Waals surface area contributed by atoms with Crippen LogP contribution in [0.1, 0.15) is 11.1 Å². The molecule has 0 bridgehead atoms. The highest BCUT2D eigenvalue weighted by atomic mass is 19.1. The molecule has 0 N–H and O–H groups in total. The Kier molecular flexibility index (Phi) is 3.12. The summed E-state index contributed by atoms with van der Waals surface area (Å²) in [6.45, 7) is 1.86. The third-order valence-electron chi connectivity index (χ3n) is 2.76. The molecule has 2 aromatic heterocycles. The second-order valence-corrected chi connectivity index (χ2v) is 4.28. The van der Waals surface area contributed by atoms with Gasteiger partial charge >= 0.3 is 0 Å². The molecule has 0 aliphatic heterocycles. The van der Waals surface area contributed by atoms with Crippen LogP contribution in [0.25, 0.3) is 23.1 Å². The van der Waals surface area contributed by atoms with Gasteiger partial charge in [-0.25, -0.2) is 14.4 Å². The number of halogens is 1. The van der Waals surface area contributed by atoms with Gasteiger partial charge in [-0.05, 0) is 24.6 Å². The van der Waals surface area contributed by atoms with Gasteiger partial charge in [0.25, 0.3) is 5.89 Å². The second-order valence-electron chi connectivity index (χ2n) is 4.28. The maximum atomic E-state index is 13.6. The third kappa shape index (κ3) is 2.34. The zero-order valence-electron chi connectivity index (χ0n) is 10.9. The van der Waals surface area contributed by atoms with Crippen LogP contribution in [0.2, 0.25) is 0 Å². The minimum atomic E-state index is -0.638. The molecule has 0 aliphatic rings. The third-order valence-corrected chi connectivity index (χ3v) is 2.76. The van der Waals surface area contributed by atoms with Crippen LogP contribution >= 0.6 is 0 Å². The summed E-state index contributed by atoms with van der Waals surface area (Å²) in [5.41, 5.74) is 1.00. The van der Waals surface area contributed by atoms with Crippen molar-refractivity contribution in [1.29, 1.82) is 5.26 Å². The first kappa shape index (κ1) is 12.9. The van der Waals surface area contributed by atoms with Gasteiger partial charge in [-0.2, -0.15) is 10.2 Å². The largest absolute Gasteiger partial charge is 0.333 e. The van der Waals surface area contributed by atoms with Crippen LogP contribution in [-0.4, -0.2) is 20.1 Å². The molecule has 0 spiro atoms. The summed E-state index contributed by atoms with van der Waals surface area (Å²) < 4.78 is 18.6. The van der Waals surface area contributed by atoms with Crippen molar-refractivity contribution in [3.63, 3.8) is 0 Å². The standard InChI is InChI=1S/C14H8FN5O/c1-8-6-17-12(18-7-8)13-19-14(21-20-13)9-3-2-4-11(15)10(9)5-16/h2-4,6-7H,1H3. The molecule has 102 valence electrons. The van der Waals surface area contributed by atoms with E-state index in [0.29, 0.717) is 5.82 Å². The number of aromatic nitrogens is 4. The monoisotopic (exact) mass is 281 g/mol. The van der Waals surface area contributed by atoms with Gasteiger partial charge in [0.05, 0.1) is 5.56 Å². The molecule has 7 heteroatoms. The van der Waals surface area contributed by atoms with Gasteiger partial charge in [0.1, 0.15) is 17.4 Å². The fourth-order valence-electron chi connectivity index (χ4n) is 1.75. The normalized spacial score (nSPS) is 10.3. The van der Waals surface area contributed by atoms with Gasteiger partial charge in [0.2, 0.25) is 11.6 Å². The van der Waals surface area contributed by atoms with Crippen molar-refractivity contribution in [3.8, 4) is 29.2 Å². The molecular formula is C14H8FN5O. The Hall–Kier alpha value is -3.14. The van der Waals surface area contributed by atoms with Crippen LogP contribution < -0.4 is 0 Å². The molecule has 0 radical (unpaired) electrons. The van der Waals surface area contributed by atoms with E-state index in [1.165, 1.54) is 18.2 Å². The maximum Gasteiger partial charge on any atom is 0.259 e. The predicted molar refractivity (Wildman–Crippen MR) is 70.2 cm³/mol. The Morgan fingerprint density at radius 1 is 1.19 bits per heavy atom. The van der Waals surface area contributed by atoms with E-state index in [1.54, 1.807) is 18.5 Å². The number of benzene rings is 1. The lowest BCUT2D eigenvalue weighted by Gasteiger charge is -1.98. The number of rotatable bonds is 2. The topological polar surface area (TPSA) is 88.5 Å². The Morgan fingerprint density at radius 2 is 1.95 bits per heavy atom. The first-order valence-electron chi connectivity index (χ1n) is 6.01. The van der Waals surface area contributed by atoms with Crippen LogP contribution in [0.4, 0.5) is 4.39 Å². The SMILES string of the molecule is Cc1cnc(-c2noc(-c3cccc(F)c3C#N)n2)nc1. The van der Waals surface area contributed by atoms with Gasteiger partial charge in [-0.3, -0.25) is 0 Å². The smallest absolute Gasteiger partial charge is 0.259 e. The number of aryl methyl sites for hydroxylation is 1. The Labute approximate surface area is 118 Å². The molecule has 0 saturated carbocycles. The minimum absolute atomic E-state index is 0.0465. The second kappa shape index (κ2) is 5.09. The Bertz CT molecular complexity index is 835. The minimum Gasteiger partial charge on any atom is -0.333 e. The zero-order valence-corrected chi connectivity index (χ0v) is 10.9. The lowest BCUT2D eigenvalue weighted by molar-refractivity contribution is 0.431. The lowest BCUT2D eigenvalue weighted by atomic mass is 10.1. The molecule has 6 nitrogen and oxygen atoms in total. The molecule has 21 heavy (non-hydrogen) atoms. The average molecular weight is 281 g/mol. The lowest BCUT2D eigenvalue weighted by Crippen LogP contribution is -1.92. The quantitative estimate of drug-likeness (QED) is 0.717. The fraction of sp³-hybridized carbons (Fsp3) is 0.0714. The number of nitriles is 1. The van der Waals surface area contributed by atoms with Crippen molar-refractivity contribution in [3.05, 3.63) is 47.5 Å². The van der Waals surface area contributed by atoms with E-state index < -0.39 is 5.82 Å². The molecule has 0 fully saturated rings. The van der Waals surface area contributed by atoms with Crippen LogP contribution in [0, 0.1) is 24.1 Å². The summed E-state index contributed by atoms with van der Waals surface area (Å²) in [6, 6.07) is 5.99. The zero-order chi connectivity index (χ0) is 14.8. The van der Waals surface area contributed by atoms with Crippen LogP contribution in [0.3, 0.4) is 0 Å². The molecule has 0 saturated heterocycles. The maximum absolute atomic E-state index is 13.6. The molecule has 0 amide bonds. The van der Waals surface area contributed by atoms with Crippen LogP contribution in [0.15, 0.2) is 35.1 Å². The van der Waals surface area contributed by atoms with Gasteiger partial charge in [-0.15, -0.1) is 0 Å². The van der Waals surface area contributed by atoms with Gasteiger partial charge in [0.15, 0.2) is 0 Å². The van der Waals surface area contributed by atoms with E-state index in [2.05, 4.69) is 20.1 Å².